The normalized spacial score (nSPS) is 13.4. The van der Waals surface area contributed by atoms with Gasteiger partial charge in [0.1, 0.15) is 10.7 Å². The number of benzene rings is 1. The van der Waals surface area contributed by atoms with Crippen LogP contribution in [0.4, 0.5) is 19.6 Å². The summed E-state index contributed by atoms with van der Waals surface area (Å²) < 4.78 is 54.3. The van der Waals surface area contributed by atoms with Gasteiger partial charge in [0.05, 0.1) is 16.9 Å². The van der Waals surface area contributed by atoms with Crippen LogP contribution in [0.3, 0.4) is 0 Å². The standard InChI is InChI=1S/C16H23ClF2N4O2S2Si/c1-20-10(9-28(2,3)4)7-21-13-6-12(18)14(5-11(13)17)27(24,25)23-16-22-8-15(19)26-16/h5-6,8,10,20-21H,7,9H2,1-4H3,(H,22,23)/t10-/m1/s1. The molecule has 2 aromatic rings. The number of nitrogens with zero attached hydrogens (tertiary/aromatic N) is 1. The van der Waals surface area contributed by atoms with E-state index in [9.17, 15) is 17.2 Å². The second-order valence-corrected chi connectivity index (χ2v) is 16.0. The Morgan fingerprint density at radius 1 is 1.29 bits per heavy atom. The average Bonchev–Trinajstić information content (AvgIpc) is 2.96. The Bertz CT molecular complexity index is 935. The number of nitrogens with one attached hydrogen (secondary N) is 3. The number of anilines is 2. The van der Waals surface area contributed by atoms with E-state index in [-0.39, 0.29) is 16.2 Å². The maximum absolute atomic E-state index is 14.5. The predicted molar refractivity (Wildman–Crippen MR) is 114 cm³/mol. The van der Waals surface area contributed by atoms with E-state index in [0.717, 1.165) is 24.4 Å². The lowest BCUT2D eigenvalue weighted by Gasteiger charge is -2.25. The summed E-state index contributed by atoms with van der Waals surface area (Å²) in [6.07, 6.45) is 0.873. The molecule has 0 aliphatic carbocycles. The molecule has 2 rings (SSSR count). The largest absolute Gasteiger partial charge is 0.382 e. The lowest BCUT2D eigenvalue weighted by molar-refractivity contribution is 0.570. The van der Waals surface area contributed by atoms with Gasteiger partial charge < -0.3 is 10.6 Å². The summed E-state index contributed by atoms with van der Waals surface area (Å²) in [5.41, 5.74) is 0.300. The summed E-state index contributed by atoms with van der Waals surface area (Å²) in [4.78, 5) is 2.93. The Balaban J connectivity index is 2.17. The molecule has 0 radical (unpaired) electrons. The molecule has 0 aliphatic rings. The zero-order valence-corrected chi connectivity index (χ0v) is 19.3. The van der Waals surface area contributed by atoms with E-state index < -0.39 is 33.9 Å². The summed E-state index contributed by atoms with van der Waals surface area (Å²) in [5.74, 6) is -0.970. The predicted octanol–water partition coefficient (Wildman–Crippen LogP) is 4.21. The fraction of sp³-hybridized carbons (Fsp3) is 0.438. The molecule has 0 saturated carbocycles. The lowest BCUT2D eigenvalue weighted by Crippen LogP contribution is -2.39. The molecule has 12 heteroatoms. The molecule has 0 bridgehead atoms. The molecular weight excluding hydrogens is 446 g/mol. The van der Waals surface area contributed by atoms with Crippen LogP contribution in [0.1, 0.15) is 0 Å². The van der Waals surface area contributed by atoms with Gasteiger partial charge >= 0.3 is 0 Å². The quantitative estimate of drug-likeness (QED) is 0.480. The molecule has 1 heterocycles. The number of thiazole rings is 1. The molecule has 6 nitrogen and oxygen atoms in total. The maximum Gasteiger partial charge on any atom is 0.266 e. The highest BCUT2D eigenvalue weighted by Crippen LogP contribution is 2.30. The molecule has 1 aromatic carbocycles. The second-order valence-electron chi connectivity index (χ2n) is 7.47. The third-order valence-corrected chi connectivity index (χ3v) is 8.03. The number of likely N-dealkylation sites (N-methyl/N-ethyl adjacent to an activating group) is 1. The maximum atomic E-state index is 14.5. The van der Waals surface area contributed by atoms with Crippen molar-refractivity contribution in [3.05, 3.63) is 34.3 Å². The first-order valence-corrected chi connectivity index (χ1v) is 14.8. The van der Waals surface area contributed by atoms with Gasteiger partial charge in [-0.2, -0.15) is 4.39 Å². The van der Waals surface area contributed by atoms with Crippen LogP contribution in [0.25, 0.3) is 0 Å². The van der Waals surface area contributed by atoms with Crippen LogP contribution < -0.4 is 15.4 Å². The number of hydrogen-bond acceptors (Lipinski definition) is 6. The van der Waals surface area contributed by atoms with E-state index >= 15 is 0 Å². The smallest absolute Gasteiger partial charge is 0.266 e. The van der Waals surface area contributed by atoms with Crippen molar-refractivity contribution in [2.24, 2.45) is 0 Å². The van der Waals surface area contributed by atoms with E-state index in [4.69, 9.17) is 11.6 Å². The van der Waals surface area contributed by atoms with Crippen LogP contribution >= 0.6 is 22.9 Å². The van der Waals surface area contributed by atoms with E-state index in [1.807, 2.05) is 11.8 Å². The van der Waals surface area contributed by atoms with Gasteiger partial charge in [-0.1, -0.05) is 42.6 Å². The van der Waals surface area contributed by atoms with E-state index in [1.165, 1.54) is 0 Å². The van der Waals surface area contributed by atoms with Gasteiger partial charge in [0, 0.05) is 20.7 Å². The van der Waals surface area contributed by atoms with E-state index in [0.29, 0.717) is 23.6 Å². The topological polar surface area (TPSA) is 83.1 Å². The van der Waals surface area contributed by atoms with Crippen LogP contribution in [-0.4, -0.2) is 41.1 Å². The molecule has 0 saturated heterocycles. The Labute approximate surface area is 173 Å². The molecule has 0 fully saturated rings. The first-order valence-electron chi connectivity index (χ1n) is 8.45. The van der Waals surface area contributed by atoms with Gasteiger partial charge in [-0.3, -0.25) is 4.72 Å². The average molecular weight is 469 g/mol. The minimum absolute atomic E-state index is 0.0648. The lowest BCUT2D eigenvalue weighted by atomic mass is 10.2. The summed E-state index contributed by atoms with van der Waals surface area (Å²) in [7, 11) is -3.74. The molecular formula is C16H23ClF2N4O2S2Si. The van der Waals surface area contributed by atoms with Crippen molar-refractivity contribution in [2.75, 3.05) is 23.6 Å². The van der Waals surface area contributed by atoms with Gasteiger partial charge in [0.25, 0.3) is 10.0 Å². The first kappa shape index (κ1) is 23.0. The zero-order valence-electron chi connectivity index (χ0n) is 15.9. The van der Waals surface area contributed by atoms with Crippen molar-refractivity contribution in [2.45, 2.75) is 36.6 Å². The fourth-order valence-corrected chi connectivity index (χ4v) is 6.58. The number of sulfonamides is 1. The van der Waals surface area contributed by atoms with Gasteiger partial charge in [-0.05, 0) is 25.2 Å². The van der Waals surface area contributed by atoms with Crippen molar-refractivity contribution < 1.29 is 17.2 Å². The molecule has 3 N–H and O–H groups in total. The van der Waals surface area contributed by atoms with Gasteiger partial charge in [0.15, 0.2) is 10.3 Å². The Morgan fingerprint density at radius 2 is 1.96 bits per heavy atom. The summed E-state index contributed by atoms with van der Waals surface area (Å²) in [6.45, 7) is 7.28. The van der Waals surface area contributed by atoms with Gasteiger partial charge in [-0.15, -0.1) is 0 Å². The third-order valence-electron chi connectivity index (χ3n) is 3.82. The zero-order chi connectivity index (χ0) is 21.1. The highest BCUT2D eigenvalue weighted by Gasteiger charge is 2.24. The van der Waals surface area contributed by atoms with Crippen molar-refractivity contribution in [3.8, 4) is 0 Å². The second kappa shape index (κ2) is 9.03. The number of aromatic nitrogens is 1. The van der Waals surface area contributed by atoms with Gasteiger partial charge in [-0.25, -0.2) is 17.8 Å². The van der Waals surface area contributed by atoms with Crippen molar-refractivity contribution in [3.63, 3.8) is 0 Å². The minimum Gasteiger partial charge on any atom is -0.382 e. The van der Waals surface area contributed by atoms with E-state index in [1.54, 1.807) is 0 Å². The summed E-state index contributed by atoms with van der Waals surface area (Å²) in [5, 5.41) is 5.50. The molecule has 0 aliphatic heterocycles. The Kier molecular flexibility index (Phi) is 7.42. The fourth-order valence-electron chi connectivity index (χ4n) is 2.59. The van der Waals surface area contributed by atoms with E-state index in [2.05, 4.69) is 35.3 Å². The van der Waals surface area contributed by atoms with Crippen LogP contribution in [0.15, 0.2) is 23.2 Å². The number of hydrogen-bond donors (Lipinski definition) is 3. The molecule has 156 valence electrons. The van der Waals surface area contributed by atoms with Crippen LogP contribution in [0, 0.1) is 10.9 Å². The molecule has 1 aromatic heterocycles. The van der Waals surface area contributed by atoms with Crippen LogP contribution in [-0.2, 0) is 10.0 Å². The third kappa shape index (κ3) is 6.38. The number of rotatable bonds is 9. The monoisotopic (exact) mass is 468 g/mol. The highest BCUT2D eigenvalue weighted by molar-refractivity contribution is 7.93. The summed E-state index contributed by atoms with van der Waals surface area (Å²) >= 11 is 6.67. The summed E-state index contributed by atoms with van der Waals surface area (Å²) in [6, 6.07) is 3.26. The molecule has 0 unspecified atom stereocenters. The van der Waals surface area contributed by atoms with Crippen LogP contribution in [0.5, 0.6) is 0 Å². The molecule has 28 heavy (non-hydrogen) atoms. The minimum atomic E-state index is -4.29. The Hall–Kier alpha value is -1.27. The number of halogens is 3. The van der Waals surface area contributed by atoms with Crippen molar-refractivity contribution in [1.82, 2.24) is 10.3 Å². The highest BCUT2D eigenvalue weighted by atomic mass is 35.5. The van der Waals surface area contributed by atoms with Crippen LogP contribution in [0.2, 0.25) is 30.7 Å². The van der Waals surface area contributed by atoms with Gasteiger partial charge in [0.2, 0.25) is 0 Å². The first-order chi connectivity index (χ1) is 12.9. The molecule has 1 atom stereocenters. The van der Waals surface area contributed by atoms with Crippen molar-refractivity contribution in [1.29, 1.82) is 0 Å². The molecule has 0 spiro atoms. The SMILES string of the molecule is CN[C@H](CNc1cc(F)c(S(=O)(=O)Nc2ncc(F)s2)cc1Cl)C[Si](C)(C)C. The Morgan fingerprint density at radius 3 is 2.50 bits per heavy atom. The molecule has 0 amide bonds. The van der Waals surface area contributed by atoms with Crippen molar-refractivity contribution >= 4 is 51.9 Å².